The van der Waals surface area contributed by atoms with Gasteiger partial charge < -0.3 is 14.8 Å². The smallest absolute Gasteiger partial charge is 0.161 e. The van der Waals surface area contributed by atoms with Crippen LogP contribution in [0.15, 0.2) is 23.8 Å². The molecule has 0 atom stereocenters. The monoisotopic (exact) mass is 245 g/mol. The Morgan fingerprint density at radius 1 is 1.28 bits per heavy atom. The zero-order valence-corrected chi connectivity index (χ0v) is 10.7. The molecule has 3 heteroatoms. The minimum atomic E-state index is 0.641. The topological polar surface area (TPSA) is 30.5 Å². The Morgan fingerprint density at radius 2 is 2.06 bits per heavy atom. The highest BCUT2D eigenvalue weighted by Gasteiger charge is 2.19. The van der Waals surface area contributed by atoms with E-state index < -0.39 is 0 Å². The van der Waals surface area contributed by atoms with Gasteiger partial charge in [-0.05, 0) is 37.5 Å². The Labute approximate surface area is 108 Å². The van der Waals surface area contributed by atoms with Gasteiger partial charge in [-0.2, -0.15) is 0 Å². The zero-order valence-electron chi connectivity index (χ0n) is 10.7. The number of benzene rings is 1. The van der Waals surface area contributed by atoms with Crippen LogP contribution in [-0.4, -0.2) is 25.8 Å². The lowest BCUT2D eigenvalue weighted by Crippen LogP contribution is -2.18. The van der Waals surface area contributed by atoms with Gasteiger partial charge in [0.25, 0.3) is 0 Å². The average molecular weight is 245 g/mol. The number of ether oxygens (including phenoxy) is 2. The van der Waals surface area contributed by atoms with E-state index in [1.165, 1.54) is 24.0 Å². The lowest BCUT2D eigenvalue weighted by Gasteiger charge is -2.18. The van der Waals surface area contributed by atoms with Crippen LogP contribution in [-0.2, 0) is 0 Å². The highest BCUT2D eigenvalue weighted by Crippen LogP contribution is 2.31. The van der Waals surface area contributed by atoms with Crippen molar-refractivity contribution in [2.45, 2.75) is 25.8 Å². The largest absolute Gasteiger partial charge is 0.486 e. The van der Waals surface area contributed by atoms with Crippen molar-refractivity contribution < 1.29 is 9.47 Å². The molecule has 0 radical (unpaired) electrons. The second-order valence-corrected chi connectivity index (χ2v) is 5.05. The van der Waals surface area contributed by atoms with E-state index in [2.05, 4.69) is 30.4 Å². The first-order valence-corrected chi connectivity index (χ1v) is 6.61. The van der Waals surface area contributed by atoms with E-state index in [9.17, 15) is 0 Å². The molecule has 1 aliphatic carbocycles. The maximum atomic E-state index is 5.58. The molecule has 0 saturated heterocycles. The summed E-state index contributed by atoms with van der Waals surface area (Å²) in [6.07, 6.45) is 4.86. The van der Waals surface area contributed by atoms with Crippen molar-refractivity contribution in [3.63, 3.8) is 0 Å². The summed E-state index contributed by atoms with van der Waals surface area (Å²) in [5.41, 5.74) is 2.52. The number of nitrogens with one attached hydrogen (secondary N) is 1. The molecular weight excluding hydrogens is 226 g/mol. The molecule has 2 aliphatic rings. The molecule has 1 N–H and O–H groups in total. The normalized spacial score (nSPS) is 18.8. The Kier molecular flexibility index (Phi) is 3.24. The standard InChI is InChI=1S/C15H19NO2/c1-11(10-16-13-3-4-13)8-12-2-5-14-15(9-12)18-7-6-17-14/h2,5,8-9,13,16H,3-4,6-7,10H2,1H3. The third-order valence-corrected chi connectivity index (χ3v) is 3.23. The van der Waals surface area contributed by atoms with Crippen LogP contribution < -0.4 is 14.8 Å². The second kappa shape index (κ2) is 5.02. The lowest BCUT2D eigenvalue weighted by atomic mass is 10.1. The van der Waals surface area contributed by atoms with E-state index in [0.717, 1.165) is 24.1 Å². The van der Waals surface area contributed by atoms with E-state index >= 15 is 0 Å². The Bertz CT molecular complexity index is 464. The summed E-state index contributed by atoms with van der Waals surface area (Å²) in [5, 5.41) is 3.51. The summed E-state index contributed by atoms with van der Waals surface area (Å²) in [6.45, 7) is 4.42. The second-order valence-electron chi connectivity index (χ2n) is 5.05. The molecule has 1 aliphatic heterocycles. The summed E-state index contributed by atoms with van der Waals surface area (Å²) in [7, 11) is 0. The fourth-order valence-corrected chi connectivity index (χ4v) is 2.08. The number of hydrogen-bond acceptors (Lipinski definition) is 3. The molecule has 1 aromatic carbocycles. The van der Waals surface area contributed by atoms with E-state index in [1.807, 2.05) is 6.07 Å². The minimum absolute atomic E-state index is 0.641. The maximum absolute atomic E-state index is 5.58. The minimum Gasteiger partial charge on any atom is -0.486 e. The molecular formula is C15H19NO2. The Morgan fingerprint density at radius 3 is 2.83 bits per heavy atom. The fourth-order valence-electron chi connectivity index (χ4n) is 2.08. The summed E-state index contributed by atoms with van der Waals surface area (Å²) >= 11 is 0. The number of rotatable bonds is 4. The number of hydrogen-bond donors (Lipinski definition) is 1. The van der Waals surface area contributed by atoms with Gasteiger partial charge in [-0.1, -0.05) is 17.7 Å². The van der Waals surface area contributed by atoms with Gasteiger partial charge in [-0.3, -0.25) is 0 Å². The molecule has 1 fully saturated rings. The molecule has 0 aromatic heterocycles. The molecule has 0 amide bonds. The van der Waals surface area contributed by atoms with Gasteiger partial charge in [0.15, 0.2) is 11.5 Å². The first-order chi connectivity index (χ1) is 8.81. The first kappa shape index (κ1) is 11.6. The van der Waals surface area contributed by atoms with Crippen molar-refractivity contribution in [1.82, 2.24) is 5.32 Å². The van der Waals surface area contributed by atoms with E-state index in [-0.39, 0.29) is 0 Å². The molecule has 0 unspecified atom stereocenters. The molecule has 0 spiro atoms. The van der Waals surface area contributed by atoms with Gasteiger partial charge in [0.05, 0.1) is 0 Å². The first-order valence-electron chi connectivity index (χ1n) is 6.61. The summed E-state index contributed by atoms with van der Waals surface area (Å²) < 4.78 is 11.1. The Balaban J connectivity index is 1.68. The van der Waals surface area contributed by atoms with Gasteiger partial charge >= 0.3 is 0 Å². The third kappa shape index (κ3) is 2.85. The summed E-state index contributed by atoms with van der Waals surface area (Å²) in [5.74, 6) is 1.71. The van der Waals surface area contributed by atoms with Crippen molar-refractivity contribution in [3.8, 4) is 11.5 Å². The van der Waals surface area contributed by atoms with E-state index in [1.54, 1.807) is 0 Å². The van der Waals surface area contributed by atoms with Crippen LogP contribution in [0.25, 0.3) is 6.08 Å². The third-order valence-electron chi connectivity index (χ3n) is 3.23. The van der Waals surface area contributed by atoms with Crippen LogP contribution in [0.4, 0.5) is 0 Å². The van der Waals surface area contributed by atoms with Crippen molar-refractivity contribution in [1.29, 1.82) is 0 Å². The van der Waals surface area contributed by atoms with Crippen LogP contribution in [0.5, 0.6) is 11.5 Å². The van der Waals surface area contributed by atoms with E-state index in [4.69, 9.17) is 9.47 Å². The van der Waals surface area contributed by atoms with Crippen molar-refractivity contribution in [2.75, 3.05) is 19.8 Å². The van der Waals surface area contributed by atoms with Gasteiger partial charge in [0, 0.05) is 12.6 Å². The molecule has 0 bridgehead atoms. The molecule has 1 saturated carbocycles. The predicted octanol–water partition coefficient (Wildman–Crippen LogP) is 2.61. The number of fused-ring (bicyclic) bond motifs is 1. The maximum Gasteiger partial charge on any atom is 0.161 e. The van der Waals surface area contributed by atoms with Gasteiger partial charge in [0.2, 0.25) is 0 Å². The van der Waals surface area contributed by atoms with Crippen molar-refractivity contribution in [2.24, 2.45) is 0 Å². The highest BCUT2D eigenvalue weighted by atomic mass is 16.6. The zero-order chi connectivity index (χ0) is 12.4. The van der Waals surface area contributed by atoms with Gasteiger partial charge in [-0.25, -0.2) is 0 Å². The SMILES string of the molecule is CC(=Cc1ccc2c(c1)OCCO2)CNC1CC1. The van der Waals surface area contributed by atoms with Crippen LogP contribution >= 0.6 is 0 Å². The Hall–Kier alpha value is -1.48. The summed E-state index contributed by atoms with van der Waals surface area (Å²) in [6, 6.07) is 6.87. The molecule has 1 heterocycles. The van der Waals surface area contributed by atoms with Crippen LogP contribution in [0.2, 0.25) is 0 Å². The van der Waals surface area contributed by atoms with Gasteiger partial charge in [-0.15, -0.1) is 0 Å². The predicted molar refractivity (Wildman–Crippen MR) is 72.1 cm³/mol. The highest BCUT2D eigenvalue weighted by molar-refractivity contribution is 5.58. The van der Waals surface area contributed by atoms with Crippen molar-refractivity contribution >= 4 is 6.08 Å². The van der Waals surface area contributed by atoms with Gasteiger partial charge in [0.1, 0.15) is 13.2 Å². The van der Waals surface area contributed by atoms with Crippen LogP contribution in [0.3, 0.4) is 0 Å². The fraction of sp³-hybridized carbons (Fsp3) is 0.467. The van der Waals surface area contributed by atoms with Crippen molar-refractivity contribution in [3.05, 3.63) is 29.3 Å². The van der Waals surface area contributed by atoms with E-state index in [0.29, 0.717) is 13.2 Å². The molecule has 3 rings (SSSR count). The summed E-state index contributed by atoms with van der Waals surface area (Å²) in [4.78, 5) is 0. The van der Waals surface area contributed by atoms with Crippen LogP contribution in [0, 0.1) is 0 Å². The molecule has 3 nitrogen and oxygen atoms in total. The molecule has 96 valence electrons. The average Bonchev–Trinajstić information content (AvgIpc) is 3.20. The lowest BCUT2D eigenvalue weighted by molar-refractivity contribution is 0.171. The molecule has 18 heavy (non-hydrogen) atoms. The quantitative estimate of drug-likeness (QED) is 0.884. The van der Waals surface area contributed by atoms with Crippen LogP contribution in [0.1, 0.15) is 25.3 Å². The molecule has 1 aromatic rings.